The summed E-state index contributed by atoms with van der Waals surface area (Å²) < 4.78 is 0.698. The van der Waals surface area contributed by atoms with Crippen molar-refractivity contribution in [1.82, 2.24) is 4.98 Å². The molecule has 1 aromatic carbocycles. The van der Waals surface area contributed by atoms with Gasteiger partial charge in [-0.05, 0) is 13.0 Å². The summed E-state index contributed by atoms with van der Waals surface area (Å²) in [5, 5.41) is 20.4. The SMILES string of the molecule is Cc1nc2cc(CC(=O)O)c([N+](=O)[O-])cc2s1. The number of aliphatic carboxylic acids is 1. The summed E-state index contributed by atoms with van der Waals surface area (Å²) in [6.45, 7) is 1.80. The Bertz CT molecular complexity index is 620. The number of hydrogen-bond donors (Lipinski definition) is 1. The average Bonchev–Trinajstić information content (AvgIpc) is 2.54. The summed E-state index contributed by atoms with van der Waals surface area (Å²) in [6, 6.07) is 2.86. The minimum Gasteiger partial charge on any atom is -0.481 e. The van der Waals surface area contributed by atoms with Crippen LogP contribution in [0.4, 0.5) is 5.69 Å². The number of nitro benzene ring substituents is 1. The van der Waals surface area contributed by atoms with E-state index in [4.69, 9.17) is 5.11 Å². The molecule has 17 heavy (non-hydrogen) atoms. The van der Waals surface area contributed by atoms with Crippen molar-refractivity contribution in [3.05, 3.63) is 32.8 Å². The summed E-state index contributed by atoms with van der Waals surface area (Å²) in [5.74, 6) is -1.10. The molecular weight excluding hydrogens is 244 g/mol. The molecule has 0 unspecified atom stereocenters. The molecule has 0 bridgehead atoms. The van der Waals surface area contributed by atoms with Crippen LogP contribution in [0, 0.1) is 17.0 Å². The number of carboxylic acid groups (broad SMARTS) is 1. The highest BCUT2D eigenvalue weighted by Gasteiger charge is 2.18. The molecule has 1 heterocycles. The number of benzene rings is 1. The Labute approximate surface area is 99.7 Å². The lowest BCUT2D eigenvalue weighted by Gasteiger charge is -1.99. The van der Waals surface area contributed by atoms with Crippen LogP contribution in [0.25, 0.3) is 10.2 Å². The Morgan fingerprint density at radius 1 is 1.59 bits per heavy atom. The lowest BCUT2D eigenvalue weighted by atomic mass is 10.1. The summed E-state index contributed by atoms with van der Waals surface area (Å²) in [6.07, 6.45) is -0.372. The molecule has 0 spiro atoms. The van der Waals surface area contributed by atoms with E-state index in [1.807, 2.05) is 0 Å². The maximum atomic E-state index is 10.9. The molecule has 0 atom stereocenters. The molecule has 2 rings (SSSR count). The predicted octanol–water partition coefficient (Wildman–Crippen LogP) is 2.14. The summed E-state index contributed by atoms with van der Waals surface area (Å²) in [7, 11) is 0. The number of fused-ring (bicyclic) bond motifs is 1. The van der Waals surface area contributed by atoms with E-state index in [9.17, 15) is 14.9 Å². The van der Waals surface area contributed by atoms with Gasteiger partial charge in [-0.2, -0.15) is 0 Å². The van der Waals surface area contributed by atoms with Gasteiger partial charge in [0.2, 0.25) is 0 Å². The van der Waals surface area contributed by atoms with Crippen molar-refractivity contribution in [2.45, 2.75) is 13.3 Å². The first-order chi connectivity index (χ1) is 7.97. The molecule has 0 fully saturated rings. The van der Waals surface area contributed by atoms with Crippen LogP contribution in [-0.2, 0) is 11.2 Å². The molecule has 0 aliphatic carbocycles. The second-order valence-electron chi connectivity index (χ2n) is 3.51. The topological polar surface area (TPSA) is 93.3 Å². The molecule has 88 valence electrons. The van der Waals surface area contributed by atoms with Crippen molar-refractivity contribution in [2.75, 3.05) is 0 Å². The highest BCUT2D eigenvalue weighted by Crippen LogP contribution is 2.29. The monoisotopic (exact) mass is 252 g/mol. The third-order valence-electron chi connectivity index (χ3n) is 2.23. The first-order valence-electron chi connectivity index (χ1n) is 4.73. The summed E-state index contributed by atoms with van der Waals surface area (Å²) >= 11 is 1.35. The Balaban J connectivity index is 2.65. The van der Waals surface area contributed by atoms with Gasteiger partial charge in [-0.15, -0.1) is 11.3 Å². The molecule has 0 aliphatic rings. The van der Waals surface area contributed by atoms with Crippen LogP contribution in [0.3, 0.4) is 0 Å². The van der Waals surface area contributed by atoms with Crippen LogP contribution >= 0.6 is 11.3 Å². The molecule has 0 amide bonds. The van der Waals surface area contributed by atoms with Gasteiger partial charge in [0, 0.05) is 11.6 Å². The van der Waals surface area contributed by atoms with Gasteiger partial charge < -0.3 is 5.11 Å². The van der Waals surface area contributed by atoms with Gasteiger partial charge >= 0.3 is 5.97 Å². The zero-order chi connectivity index (χ0) is 12.6. The van der Waals surface area contributed by atoms with E-state index in [2.05, 4.69) is 4.98 Å². The second-order valence-corrected chi connectivity index (χ2v) is 4.74. The molecule has 0 saturated carbocycles. The lowest BCUT2D eigenvalue weighted by molar-refractivity contribution is -0.385. The highest BCUT2D eigenvalue weighted by molar-refractivity contribution is 7.18. The molecule has 7 heteroatoms. The fourth-order valence-electron chi connectivity index (χ4n) is 1.60. The van der Waals surface area contributed by atoms with Crippen molar-refractivity contribution in [3.63, 3.8) is 0 Å². The fourth-order valence-corrected chi connectivity index (χ4v) is 2.44. The Hall–Kier alpha value is -2.02. The average molecular weight is 252 g/mol. The maximum absolute atomic E-state index is 10.9. The van der Waals surface area contributed by atoms with Crippen LogP contribution in [-0.4, -0.2) is 21.0 Å². The van der Waals surface area contributed by atoms with Crippen molar-refractivity contribution >= 4 is 33.2 Å². The Morgan fingerprint density at radius 3 is 2.88 bits per heavy atom. The summed E-state index contributed by atoms with van der Waals surface area (Å²) in [5.41, 5.74) is 0.623. The van der Waals surface area contributed by atoms with Crippen molar-refractivity contribution in [1.29, 1.82) is 0 Å². The predicted molar refractivity (Wildman–Crippen MR) is 62.4 cm³/mol. The van der Waals surface area contributed by atoms with Crippen LogP contribution in [0.1, 0.15) is 10.6 Å². The largest absolute Gasteiger partial charge is 0.481 e. The van der Waals surface area contributed by atoms with Crippen LogP contribution in [0.2, 0.25) is 0 Å². The van der Waals surface area contributed by atoms with E-state index in [0.29, 0.717) is 10.2 Å². The Kier molecular flexibility index (Phi) is 2.76. The molecule has 0 saturated heterocycles. The Morgan fingerprint density at radius 2 is 2.29 bits per heavy atom. The van der Waals surface area contributed by atoms with E-state index in [1.165, 1.54) is 23.5 Å². The number of nitrogens with zero attached hydrogens (tertiary/aromatic N) is 2. The quantitative estimate of drug-likeness (QED) is 0.667. The number of aryl methyl sites for hydroxylation is 1. The zero-order valence-electron chi connectivity index (χ0n) is 8.84. The van der Waals surface area contributed by atoms with Crippen molar-refractivity contribution in [2.24, 2.45) is 0 Å². The van der Waals surface area contributed by atoms with E-state index in [-0.39, 0.29) is 17.7 Å². The molecule has 2 aromatic rings. The van der Waals surface area contributed by atoms with E-state index < -0.39 is 10.9 Å². The van der Waals surface area contributed by atoms with Crippen LogP contribution < -0.4 is 0 Å². The molecular formula is C10H8N2O4S. The second kappa shape index (κ2) is 4.10. The van der Waals surface area contributed by atoms with E-state index >= 15 is 0 Å². The maximum Gasteiger partial charge on any atom is 0.308 e. The molecule has 1 N–H and O–H groups in total. The minimum atomic E-state index is -1.10. The van der Waals surface area contributed by atoms with Gasteiger partial charge in [0.1, 0.15) is 0 Å². The fraction of sp³-hybridized carbons (Fsp3) is 0.200. The van der Waals surface area contributed by atoms with Crippen molar-refractivity contribution in [3.8, 4) is 0 Å². The standard InChI is InChI=1S/C10H8N2O4S/c1-5-11-7-2-6(3-10(13)14)8(12(15)16)4-9(7)17-5/h2,4H,3H2,1H3,(H,13,14). The van der Waals surface area contributed by atoms with Crippen LogP contribution in [0.5, 0.6) is 0 Å². The number of aromatic nitrogens is 1. The summed E-state index contributed by atoms with van der Waals surface area (Å²) in [4.78, 5) is 25.1. The van der Waals surface area contributed by atoms with Gasteiger partial charge in [0.25, 0.3) is 5.69 Å². The van der Waals surface area contributed by atoms with E-state index in [0.717, 1.165) is 5.01 Å². The number of rotatable bonds is 3. The lowest BCUT2D eigenvalue weighted by Crippen LogP contribution is -2.03. The molecule has 0 radical (unpaired) electrons. The smallest absolute Gasteiger partial charge is 0.308 e. The van der Waals surface area contributed by atoms with Gasteiger partial charge in [0.15, 0.2) is 0 Å². The third kappa shape index (κ3) is 2.23. The van der Waals surface area contributed by atoms with Gasteiger partial charge in [-0.1, -0.05) is 0 Å². The normalized spacial score (nSPS) is 10.6. The minimum absolute atomic E-state index is 0.163. The number of carbonyl (C=O) groups is 1. The van der Waals surface area contributed by atoms with Crippen molar-refractivity contribution < 1.29 is 14.8 Å². The van der Waals surface area contributed by atoms with Gasteiger partial charge in [-0.25, -0.2) is 4.98 Å². The number of hydrogen-bond acceptors (Lipinski definition) is 5. The highest BCUT2D eigenvalue weighted by atomic mass is 32.1. The van der Waals surface area contributed by atoms with Gasteiger partial charge in [-0.3, -0.25) is 14.9 Å². The number of thiazole rings is 1. The molecule has 6 nitrogen and oxygen atoms in total. The first-order valence-corrected chi connectivity index (χ1v) is 5.55. The third-order valence-corrected chi connectivity index (χ3v) is 3.17. The van der Waals surface area contributed by atoms with E-state index in [1.54, 1.807) is 6.92 Å². The number of carboxylic acids is 1. The number of nitro groups is 1. The van der Waals surface area contributed by atoms with Gasteiger partial charge in [0.05, 0.1) is 26.6 Å². The molecule has 1 aromatic heterocycles. The molecule has 0 aliphatic heterocycles. The van der Waals surface area contributed by atoms with Crippen LogP contribution in [0.15, 0.2) is 12.1 Å². The zero-order valence-corrected chi connectivity index (χ0v) is 9.65. The first kappa shape index (κ1) is 11.5.